The number of hydrogen-bond acceptors (Lipinski definition) is 6. The molecule has 0 radical (unpaired) electrons. The first-order valence-electron chi connectivity index (χ1n) is 7.29. The Morgan fingerprint density at radius 2 is 1.79 bits per heavy atom. The van der Waals surface area contributed by atoms with E-state index >= 15 is 0 Å². The SMILES string of the molecule is OCCOc1ccc(OCc2noc(-c3cccc(Cl)c3)n2)cc1. The molecule has 3 aromatic rings. The van der Waals surface area contributed by atoms with Crippen LogP contribution in [0.5, 0.6) is 11.5 Å². The molecule has 124 valence electrons. The Morgan fingerprint density at radius 1 is 1.04 bits per heavy atom. The van der Waals surface area contributed by atoms with Gasteiger partial charge in [-0.25, -0.2) is 0 Å². The lowest BCUT2D eigenvalue weighted by Gasteiger charge is -2.06. The van der Waals surface area contributed by atoms with Gasteiger partial charge in [-0.2, -0.15) is 4.98 Å². The topological polar surface area (TPSA) is 77.6 Å². The second kappa shape index (κ2) is 7.81. The maximum atomic E-state index is 8.71. The van der Waals surface area contributed by atoms with E-state index in [2.05, 4.69) is 10.1 Å². The fraction of sp³-hybridized carbons (Fsp3) is 0.176. The summed E-state index contributed by atoms with van der Waals surface area (Å²) in [6.07, 6.45) is 0. The Morgan fingerprint density at radius 3 is 2.50 bits per heavy atom. The molecule has 2 aromatic carbocycles. The Hall–Kier alpha value is -2.57. The predicted molar refractivity (Wildman–Crippen MR) is 88.1 cm³/mol. The standard InChI is InChI=1S/C17H15ClN2O4/c18-13-3-1-2-12(10-13)17-19-16(20-24-17)11-23-15-6-4-14(5-7-15)22-9-8-21/h1-7,10,21H,8-9,11H2. The summed E-state index contributed by atoms with van der Waals surface area (Å²) in [5.74, 6) is 2.15. The molecule has 0 bridgehead atoms. The first-order valence-corrected chi connectivity index (χ1v) is 7.67. The van der Waals surface area contributed by atoms with Gasteiger partial charge in [0.25, 0.3) is 5.89 Å². The molecule has 0 spiro atoms. The van der Waals surface area contributed by atoms with E-state index in [-0.39, 0.29) is 19.8 Å². The molecular weight excluding hydrogens is 332 g/mol. The molecule has 0 saturated carbocycles. The minimum Gasteiger partial charge on any atom is -0.491 e. The van der Waals surface area contributed by atoms with Gasteiger partial charge in [0.2, 0.25) is 5.82 Å². The highest BCUT2D eigenvalue weighted by molar-refractivity contribution is 6.30. The van der Waals surface area contributed by atoms with E-state index < -0.39 is 0 Å². The third-order valence-electron chi connectivity index (χ3n) is 3.09. The highest BCUT2D eigenvalue weighted by atomic mass is 35.5. The molecule has 0 aliphatic carbocycles. The van der Waals surface area contributed by atoms with Gasteiger partial charge < -0.3 is 19.1 Å². The van der Waals surface area contributed by atoms with E-state index in [9.17, 15) is 0 Å². The van der Waals surface area contributed by atoms with Gasteiger partial charge in [0.15, 0.2) is 6.61 Å². The number of hydrogen-bond donors (Lipinski definition) is 1. The van der Waals surface area contributed by atoms with Crippen LogP contribution in [0.25, 0.3) is 11.5 Å². The van der Waals surface area contributed by atoms with Crippen molar-refractivity contribution in [2.24, 2.45) is 0 Å². The second-order valence-corrected chi connectivity index (χ2v) is 5.29. The maximum Gasteiger partial charge on any atom is 0.258 e. The lowest BCUT2D eigenvalue weighted by Crippen LogP contribution is -2.01. The minimum atomic E-state index is -0.0228. The molecule has 7 heteroatoms. The average molecular weight is 347 g/mol. The van der Waals surface area contributed by atoms with Crippen LogP contribution in [0, 0.1) is 0 Å². The third kappa shape index (κ3) is 4.24. The van der Waals surface area contributed by atoms with Crippen molar-refractivity contribution in [2.45, 2.75) is 6.61 Å². The smallest absolute Gasteiger partial charge is 0.258 e. The van der Waals surface area contributed by atoms with Gasteiger partial charge >= 0.3 is 0 Å². The zero-order valence-electron chi connectivity index (χ0n) is 12.7. The van der Waals surface area contributed by atoms with Crippen LogP contribution in [-0.4, -0.2) is 28.5 Å². The van der Waals surface area contributed by atoms with E-state index in [1.54, 1.807) is 36.4 Å². The fourth-order valence-electron chi connectivity index (χ4n) is 1.99. The summed E-state index contributed by atoms with van der Waals surface area (Å²) < 4.78 is 16.1. The molecule has 0 fully saturated rings. The third-order valence-corrected chi connectivity index (χ3v) is 3.33. The van der Waals surface area contributed by atoms with Gasteiger partial charge in [0, 0.05) is 10.6 Å². The number of aliphatic hydroxyl groups excluding tert-OH is 1. The van der Waals surface area contributed by atoms with Gasteiger partial charge in [-0.05, 0) is 42.5 Å². The Bertz CT molecular complexity index is 789. The summed E-state index contributed by atoms with van der Waals surface area (Å²) in [7, 11) is 0. The quantitative estimate of drug-likeness (QED) is 0.707. The molecule has 0 saturated heterocycles. The molecule has 0 unspecified atom stereocenters. The number of rotatable bonds is 7. The van der Waals surface area contributed by atoms with Crippen molar-refractivity contribution in [1.29, 1.82) is 0 Å². The lowest BCUT2D eigenvalue weighted by atomic mass is 10.2. The molecule has 0 aliphatic rings. The van der Waals surface area contributed by atoms with Gasteiger partial charge in [-0.3, -0.25) is 0 Å². The van der Waals surface area contributed by atoms with Crippen molar-refractivity contribution >= 4 is 11.6 Å². The predicted octanol–water partition coefficient (Wildman–Crippen LogP) is 3.34. The number of nitrogens with zero attached hydrogens (tertiary/aromatic N) is 2. The molecule has 1 aromatic heterocycles. The molecule has 0 aliphatic heterocycles. The van der Waals surface area contributed by atoms with Crippen molar-refractivity contribution in [2.75, 3.05) is 13.2 Å². The molecule has 1 N–H and O–H groups in total. The van der Waals surface area contributed by atoms with Crippen molar-refractivity contribution in [3.05, 3.63) is 59.4 Å². The van der Waals surface area contributed by atoms with Crippen LogP contribution in [0.4, 0.5) is 0 Å². The van der Waals surface area contributed by atoms with Crippen molar-refractivity contribution in [1.82, 2.24) is 10.1 Å². The Labute approximate surface area is 143 Å². The maximum absolute atomic E-state index is 8.71. The van der Waals surface area contributed by atoms with Gasteiger partial charge in [-0.15, -0.1) is 0 Å². The van der Waals surface area contributed by atoms with E-state index in [0.717, 1.165) is 5.56 Å². The van der Waals surface area contributed by atoms with Crippen LogP contribution in [0.3, 0.4) is 0 Å². The summed E-state index contributed by atoms with van der Waals surface area (Å²) in [6, 6.07) is 14.3. The number of aromatic nitrogens is 2. The molecular formula is C17H15ClN2O4. The first-order chi connectivity index (χ1) is 11.7. The van der Waals surface area contributed by atoms with Crippen LogP contribution in [-0.2, 0) is 6.61 Å². The van der Waals surface area contributed by atoms with Gasteiger partial charge in [-0.1, -0.05) is 22.8 Å². The number of benzene rings is 2. The van der Waals surface area contributed by atoms with Gasteiger partial charge in [0.05, 0.1) is 6.61 Å². The number of ether oxygens (including phenoxy) is 2. The highest BCUT2D eigenvalue weighted by Crippen LogP contribution is 2.22. The van der Waals surface area contributed by atoms with E-state index in [1.807, 2.05) is 12.1 Å². The summed E-state index contributed by atoms with van der Waals surface area (Å²) in [6.45, 7) is 0.418. The average Bonchev–Trinajstić information content (AvgIpc) is 3.08. The molecule has 0 atom stereocenters. The van der Waals surface area contributed by atoms with Crippen molar-refractivity contribution in [3.63, 3.8) is 0 Å². The monoisotopic (exact) mass is 346 g/mol. The number of aliphatic hydroxyl groups is 1. The molecule has 6 nitrogen and oxygen atoms in total. The fourth-order valence-corrected chi connectivity index (χ4v) is 2.19. The lowest BCUT2D eigenvalue weighted by molar-refractivity contribution is 0.201. The summed E-state index contributed by atoms with van der Waals surface area (Å²) in [4.78, 5) is 4.28. The Kier molecular flexibility index (Phi) is 5.30. The number of halogens is 1. The second-order valence-electron chi connectivity index (χ2n) is 4.86. The minimum absolute atomic E-state index is 0.0228. The molecule has 24 heavy (non-hydrogen) atoms. The van der Waals surface area contributed by atoms with Gasteiger partial charge in [0.1, 0.15) is 18.1 Å². The Balaban J connectivity index is 1.59. The molecule has 3 rings (SSSR count). The molecule has 0 amide bonds. The summed E-state index contributed by atoms with van der Waals surface area (Å²) >= 11 is 5.95. The largest absolute Gasteiger partial charge is 0.491 e. The first kappa shape index (κ1) is 16.3. The van der Waals surface area contributed by atoms with Crippen LogP contribution in [0.15, 0.2) is 53.1 Å². The zero-order valence-corrected chi connectivity index (χ0v) is 13.4. The highest BCUT2D eigenvalue weighted by Gasteiger charge is 2.09. The van der Waals surface area contributed by atoms with E-state index in [4.69, 9.17) is 30.7 Å². The van der Waals surface area contributed by atoms with E-state index in [0.29, 0.717) is 28.2 Å². The molecule has 1 heterocycles. The normalized spacial score (nSPS) is 10.6. The summed E-state index contributed by atoms with van der Waals surface area (Å²) in [5, 5.41) is 13.2. The van der Waals surface area contributed by atoms with Crippen LogP contribution < -0.4 is 9.47 Å². The van der Waals surface area contributed by atoms with Crippen LogP contribution in [0.1, 0.15) is 5.82 Å². The van der Waals surface area contributed by atoms with Crippen molar-refractivity contribution in [3.8, 4) is 23.0 Å². The van der Waals surface area contributed by atoms with Crippen LogP contribution >= 0.6 is 11.6 Å². The van der Waals surface area contributed by atoms with Crippen LogP contribution in [0.2, 0.25) is 5.02 Å². The van der Waals surface area contributed by atoms with Crippen molar-refractivity contribution < 1.29 is 19.1 Å². The zero-order chi connectivity index (χ0) is 16.8. The van der Waals surface area contributed by atoms with E-state index in [1.165, 1.54) is 0 Å². The summed E-state index contributed by atoms with van der Waals surface area (Å²) in [5.41, 5.74) is 0.756.